The summed E-state index contributed by atoms with van der Waals surface area (Å²) >= 11 is 0. The van der Waals surface area contributed by atoms with Gasteiger partial charge in [-0.3, -0.25) is 0 Å². The van der Waals surface area contributed by atoms with Crippen LogP contribution in [-0.4, -0.2) is 36.8 Å². The number of hydrogen-bond donors (Lipinski definition) is 1. The molecule has 0 aliphatic carbocycles. The molecule has 1 unspecified atom stereocenters. The molecule has 0 fully saturated rings. The number of nitrogens with zero attached hydrogens (tertiary/aromatic N) is 1. The van der Waals surface area contributed by atoms with Crippen LogP contribution >= 0.6 is 0 Å². The Morgan fingerprint density at radius 3 is 2.25 bits per heavy atom. The van der Waals surface area contributed by atoms with Crippen LogP contribution < -0.4 is 4.74 Å². The quantitative estimate of drug-likeness (QED) is 0.791. The molecule has 0 aromatic heterocycles. The summed E-state index contributed by atoms with van der Waals surface area (Å²) in [5, 5.41) is 10.6. The van der Waals surface area contributed by atoms with Gasteiger partial charge in [0.2, 0.25) is 0 Å². The van der Waals surface area contributed by atoms with Crippen molar-refractivity contribution in [3.63, 3.8) is 0 Å². The third kappa shape index (κ3) is 4.50. The van der Waals surface area contributed by atoms with Gasteiger partial charge in [0.05, 0.1) is 13.2 Å². The van der Waals surface area contributed by atoms with Crippen molar-refractivity contribution in [2.75, 3.05) is 26.7 Å². The van der Waals surface area contributed by atoms with Crippen molar-refractivity contribution >= 4 is 0 Å². The van der Waals surface area contributed by atoms with Crippen molar-refractivity contribution in [1.82, 2.24) is 4.90 Å². The number of aliphatic hydroxyl groups is 1. The lowest BCUT2D eigenvalue weighted by Crippen LogP contribution is -2.30. The molecule has 0 aliphatic rings. The van der Waals surface area contributed by atoms with Crippen molar-refractivity contribution < 1.29 is 9.84 Å². The fourth-order valence-corrected chi connectivity index (χ4v) is 2.78. The van der Waals surface area contributed by atoms with E-state index in [-0.39, 0.29) is 0 Å². The second-order valence-corrected chi connectivity index (χ2v) is 5.52. The Labute approximate surface area is 123 Å². The third-order valence-electron chi connectivity index (χ3n) is 3.52. The van der Waals surface area contributed by atoms with E-state index in [1.54, 1.807) is 7.11 Å². The predicted octanol–water partition coefficient (Wildman–Crippen LogP) is 3.47. The van der Waals surface area contributed by atoms with E-state index in [2.05, 4.69) is 31.7 Å². The first-order chi connectivity index (χ1) is 9.53. The monoisotopic (exact) mass is 279 g/mol. The number of rotatable bonds is 8. The highest BCUT2D eigenvalue weighted by atomic mass is 16.5. The number of benzene rings is 1. The first kappa shape index (κ1) is 17.0. The van der Waals surface area contributed by atoms with Crippen LogP contribution in [0.2, 0.25) is 0 Å². The predicted molar refractivity (Wildman–Crippen MR) is 84.4 cm³/mol. The first-order valence-corrected chi connectivity index (χ1v) is 7.59. The van der Waals surface area contributed by atoms with Crippen LogP contribution in [0.4, 0.5) is 0 Å². The minimum absolute atomic E-state index is 0.498. The molecule has 1 aromatic rings. The number of methoxy groups -OCH3 is 1. The minimum Gasteiger partial charge on any atom is -0.496 e. The standard InChI is InChI=1S/C17H29NO2/c1-6-8-18(9-7-2)12-16(19)15-11-13(3)10-14(4)17(15)20-5/h10-11,16,19H,6-9,12H2,1-5H3. The van der Waals surface area contributed by atoms with Crippen molar-refractivity contribution in [2.45, 2.75) is 46.6 Å². The molecule has 20 heavy (non-hydrogen) atoms. The molecule has 3 heteroatoms. The van der Waals surface area contributed by atoms with E-state index in [4.69, 9.17) is 4.74 Å². The number of aliphatic hydroxyl groups excluding tert-OH is 1. The fraction of sp³-hybridized carbons (Fsp3) is 0.647. The normalized spacial score (nSPS) is 12.8. The average molecular weight is 279 g/mol. The molecule has 0 radical (unpaired) electrons. The first-order valence-electron chi connectivity index (χ1n) is 7.59. The highest BCUT2D eigenvalue weighted by molar-refractivity contribution is 5.45. The van der Waals surface area contributed by atoms with Gasteiger partial charge in [-0.25, -0.2) is 0 Å². The smallest absolute Gasteiger partial charge is 0.127 e. The van der Waals surface area contributed by atoms with E-state index in [1.807, 2.05) is 13.0 Å². The lowest BCUT2D eigenvalue weighted by Gasteiger charge is -2.25. The highest BCUT2D eigenvalue weighted by Crippen LogP contribution is 2.30. The molecule has 1 rings (SSSR count). The maximum atomic E-state index is 10.6. The summed E-state index contributed by atoms with van der Waals surface area (Å²) in [5.41, 5.74) is 3.15. The van der Waals surface area contributed by atoms with Crippen molar-refractivity contribution in [3.8, 4) is 5.75 Å². The van der Waals surface area contributed by atoms with Crippen molar-refractivity contribution in [1.29, 1.82) is 0 Å². The van der Waals surface area contributed by atoms with Gasteiger partial charge < -0.3 is 14.7 Å². The Kier molecular flexibility index (Phi) is 7.03. The third-order valence-corrected chi connectivity index (χ3v) is 3.52. The van der Waals surface area contributed by atoms with Gasteiger partial charge in [0.15, 0.2) is 0 Å². The van der Waals surface area contributed by atoms with Crippen LogP contribution in [-0.2, 0) is 0 Å². The molecule has 114 valence electrons. The molecule has 0 spiro atoms. The largest absolute Gasteiger partial charge is 0.496 e. The minimum atomic E-state index is -0.498. The molecular weight excluding hydrogens is 250 g/mol. The maximum Gasteiger partial charge on any atom is 0.127 e. The summed E-state index contributed by atoms with van der Waals surface area (Å²) in [7, 11) is 1.67. The van der Waals surface area contributed by atoms with Crippen LogP contribution in [0, 0.1) is 13.8 Å². The molecule has 0 amide bonds. The Morgan fingerprint density at radius 1 is 1.15 bits per heavy atom. The maximum absolute atomic E-state index is 10.6. The summed E-state index contributed by atoms with van der Waals surface area (Å²) in [6, 6.07) is 4.12. The Morgan fingerprint density at radius 2 is 1.75 bits per heavy atom. The molecule has 0 aliphatic heterocycles. The summed E-state index contributed by atoms with van der Waals surface area (Å²) < 4.78 is 5.48. The zero-order valence-electron chi connectivity index (χ0n) is 13.6. The molecule has 3 nitrogen and oxygen atoms in total. The van der Waals surface area contributed by atoms with Crippen LogP contribution in [0.25, 0.3) is 0 Å². The zero-order chi connectivity index (χ0) is 15.1. The SMILES string of the molecule is CCCN(CCC)CC(O)c1cc(C)cc(C)c1OC. The van der Waals surface area contributed by atoms with Crippen LogP contribution in [0.1, 0.15) is 49.5 Å². The Hall–Kier alpha value is -1.06. The number of hydrogen-bond acceptors (Lipinski definition) is 3. The van der Waals surface area contributed by atoms with Crippen LogP contribution in [0.5, 0.6) is 5.75 Å². The fourth-order valence-electron chi connectivity index (χ4n) is 2.78. The van der Waals surface area contributed by atoms with Gasteiger partial charge in [0.25, 0.3) is 0 Å². The Balaban J connectivity index is 2.92. The molecule has 1 N–H and O–H groups in total. The van der Waals surface area contributed by atoms with E-state index in [1.165, 1.54) is 0 Å². The highest BCUT2D eigenvalue weighted by Gasteiger charge is 2.18. The topological polar surface area (TPSA) is 32.7 Å². The molecular formula is C17H29NO2. The van der Waals surface area contributed by atoms with Gasteiger partial charge in [-0.15, -0.1) is 0 Å². The molecule has 0 bridgehead atoms. The summed E-state index contributed by atoms with van der Waals surface area (Å²) in [4.78, 5) is 2.32. The summed E-state index contributed by atoms with van der Waals surface area (Å²) in [5.74, 6) is 0.816. The number of aryl methyl sites for hydroxylation is 2. The number of ether oxygens (including phenoxy) is 1. The van der Waals surface area contributed by atoms with E-state index in [0.29, 0.717) is 6.54 Å². The lowest BCUT2D eigenvalue weighted by molar-refractivity contribution is 0.110. The van der Waals surface area contributed by atoms with Crippen molar-refractivity contribution in [2.24, 2.45) is 0 Å². The molecule has 0 saturated heterocycles. The van der Waals surface area contributed by atoms with Gasteiger partial charge >= 0.3 is 0 Å². The van der Waals surface area contributed by atoms with Gasteiger partial charge in [-0.05, 0) is 51.4 Å². The average Bonchev–Trinajstić information content (AvgIpc) is 2.38. The second-order valence-electron chi connectivity index (χ2n) is 5.52. The summed E-state index contributed by atoms with van der Waals surface area (Å²) in [6.07, 6.45) is 1.72. The second kappa shape index (κ2) is 8.28. The molecule has 1 aromatic carbocycles. The van der Waals surface area contributed by atoms with Gasteiger partial charge in [0.1, 0.15) is 5.75 Å². The molecule has 0 heterocycles. The zero-order valence-corrected chi connectivity index (χ0v) is 13.6. The van der Waals surface area contributed by atoms with Crippen LogP contribution in [0.15, 0.2) is 12.1 Å². The van der Waals surface area contributed by atoms with Crippen molar-refractivity contribution in [3.05, 3.63) is 28.8 Å². The molecule has 1 atom stereocenters. The van der Waals surface area contributed by atoms with E-state index in [0.717, 1.165) is 48.4 Å². The van der Waals surface area contributed by atoms with E-state index >= 15 is 0 Å². The lowest BCUT2D eigenvalue weighted by atomic mass is 10.0. The van der Waals surface area contributed by atoms with Gasteiger partial charge in [-0.1, -0.05) is 25.5 Å². The molecule has 0 saturated carbocycles. The summed E-state index contributed by atoms with van der Waals surface area (Å²) in [6.45, 7) is 11.1. The van der Waals surface area contributed by atoms with Crippen LogP contribution in [0.3, 0.4) is 0 Å². The van der Waals surface area contributed by atoms with E-state index < -0.39 is 6.10 Å². The van der Waals surface area contributed by atoms with Gasteiger partial charge in [0, 0.05) is 12.1 Å². The van der Waals surface area contributed by atoms with Gasteiger partial charge in [-0.2, -0.15) is 0 Å². The van der Waals surface area contributed by atoms with E-state index in [9.17, 15) is 5.11 Å². The Bertz CT molecular complexity index is 412.